The summed E-state index contributed by atoms with van der Waals surface area (Å²) in [6, 6.07) is 3.95. The molecule has 0 spiro atoms. The second-order valence-corrected chi connectivity index (χ2v) is 6.25. The Morgan fingerprint density at radius 2 is 2.19 bits per heavy atom. The summed E-state index contributed by atoms with van der Waals surface area (Å²) in [6.45, 7) is 0.847. The largest absolute Gasteiger partial charge is 0.463 e. The van der Waals surface area contributed by atoms with Crippen LogP contribution in [0.15, 0.2) is 34.0 Å². The van der Waals surface area contributed by atoms with Gasteiger partial charge in [-0.1, -0.05) is 11.8 Å². The highest BCUT2D eigenvalue weighted by molar-refractivity contribution is 7.99. The Morgan fingerprint density at radius 1 is 1.38 bits per heavy atom. The molecule has 26 heavy (non-hydrogen) atoms. The van der Waals surface area contributed by atoms with Crippen molar-refractivity contribution < 1.29 is 27.1 Å². The van der Waals surface area contributed by atoms with E-state index in [1.54, 1.807) is 6.07 Å². The molecule has 0 radical (unpaired) electrons. The Labute approximate surface area is 152 Å². The second-order valence-electron chi connectivity index (χ2n) is 5.19. The molecule has 142 valence electrons. The molecule has 2 rings (SSSR count). The van der Waals surface area contributed by atoms with Crippen LogP contribution in [0, 0.1) is 0 Å². The van der Waals surface area contributed by atoms with Gasteiger partial charge in [-0.3, -0.25) is 4.79 Å². The summed E-state index contributed by atoms with van der Waals surface area (Å²) in [5, 5.41) is 2.66. The highest BCUT2D eigenvalue weighted by Crippen LogP contribution is 2.32. The average molecular weight is 389 g/mol. The lowest BCUT2D eigenvalue weighted by Gasteiger charge is -2.09. The van der Waals surface area contributed by atoms with Gasteiger partial charge in [0.05, 0.1) is 12.9 Å². The quantitative estimate of drug-likeness (QED) is 0.402. The van der Waals surface area contributed by atoms with Gasteiger partial charge in [0.25, 0.3) is 0 Å². The van der Waals surface area contributed by atoms with Crippen molar-refractivity contribution in [2.24, 2.45) is 0 Å². The summed E-state index contributed by atoms with van der Waals surface area (Å²) in [6.07, 6.45) is -2.47. The number of aromatic nitrogens is 2. The molecule has 1 amide bonds. The van der Waals surface area contributed by atoms with Crippen LogP contribution in [-0.2, 0) is 15.7 Å². The van der Waals surface area contributed by atoms with E-state index >= 15 is 0 Å². The van der Waals surface area contributed by atoms with Crippen LogP contribution < -0.4 is 5.32 Å². The normalized spacial score (nSPS) is 11.5. The lowest BCUT2D eigenvalue weighted by molar-refractivity contribution is -0.141. The summed E-state index contributed by atoms with van der Waals surface area (Å²) in [5.41, 5.74) is -0.962. The molecule has 0 unspecified atom stereocenters. The number of ether oxygens (including phenoxy) is 1. The zero-order valence-electron chi connectivity index (χ0n) is 14.0. The van der Waals surface area contributed by atoms with E-state index in [1.807, 2.05) is 0 Å². The first kappa shape index (κ1) is 20.2. The molecule has 0 aromatic carbocycles. The zero-order valence-corrected chi connectivity index (χ0v) is 14.8. The summed E-state index contributed by atoms with van der Waals surface area (Å²) >= 11 is 1.06. The van der Waals surface area contributed by atoms with E-state index in [4.69, 9.17) is 9.15 Å². The number of methoxy groups -OCH3 is 1. The van der Waals surface area contributed by atoms with E-state index in [2.05, 4.69) is 15.3 Å². The molecule has 1 N–H and O–H groups in total. The Kier molecular flexibility index (Phi) is 7.46. The highest BCUT2D eigenvalue weighted by Gasteiger charge is 2.34. The third-order valence-corrected chi connectivity index (χ3v) is 4.11. The first-order valence-corrected chi connectivity index (χ1v) is 8.77. The fraction of sp³-hybridized carbons (Fsp3) is 0.438. The molecule has 6 nitrogen and oxygen atoms in total. The number of thioether (sulfide) groups is 1. The lowest BCUT2D eigenvalue weighted by atomic mass is 10.2. The molecule has 0 atom stereocenters. The van der Waals surface area contributed by atoms with Crippen LogP contribution in [0.25, 0.3) is 11.5 Å². The molecule has 0 aliphatic heterocycles. The van der Waals surface area contributed by atoms with E-state index < -0.39 is 11.9 Å². The maximum Gasteiger partial charge on any atom is 0.433 e. The van der Waals surface area contributed by atoms with Crippen molar-refractivity contribution in [3.05, 3.63) is 30.2 Å². The maximum absolute atomic E-state index is 13.0. The van der Waals surface area contributed by atoms with E-state index in [1.165, 1.54) is 19.4 Å². The van der Waals surface area contributed by atoms with Gasteiger partial charge < -0.3 is 14.5 Å². The van der Waals surface area contributed by atoms with Crippen LogP contribution in [0.2, 0.25) is 0 Å². The number of halogens is 3. The van der Waals surface area contributed by atoms with Gasteiger partial charge in [0.15, 0.2) is 10.9 Å². The van der Waals surface area contributed by atoms with Gasteiger partial charge in [0.2, 0.25) is 5.91 Å². The summed E-state index contributed by atoms with van der Waals surface area (Å²) in [4.78, 5) is 19.2. The number of amides is 1. The minimum absolute atomic E-state index is 0.00832. The Balaban J connectivity index is 1.96. The molecule has 2 heterocycles. The maximum atomic E-state index is 13.0. The molecule has 0 bridgehead atoms. The van der Waals surface area contributed by atoms with Gasteiger partial charge in [-0.2, -0.15) is 13.2 Å². The third kappa shape index (κ3) is 6.34. The molecule has 0 saturated carbocycles. The molecular formula is C16H18F3N3O3S. The fourth-order valence-electron chi connectivity index (χ4n) is 1.96. The lowest BCUT2D eigenvalue weighted by Crippen LogP contribution is -2.26. The standard InChI is InChI=1S/C16H18F3N3O3S/c1-24-8-6-20-14(23)5-3-9-26-15-21-11(12-4-2-7-25-12)10-13(22-15)16(17,18)19/h2,4,7,10H,3,5-6,8-9H2,1H3,(H,20,23). The second kappa shape index (κ2) is 9.58. The predicted octanol–water partition coefficient (Wildman–Crippen LogP) is 3.39. The van der Waals surface area contributed by atoms with Crippen LogP contribution in [0.3, 0.4) is 0 Å². The van der Waals surface area contributed by atoms with E-state index in [0.29, 0.717) is 25.3 Å². The van der Waals surface area contributed by atoms with Crippen molar-refractivity contribution >= 4 is 17.7 Å². The Morgan fingerprint density at radius 3 is 2.85 bits per heavy atom. The summed E-state index contributed by atoms with van der Waals surface area (Å²) in [7, 11) is 1.54. The van der Waals surface area contributed by atoms with Crippen molar-refractivity contribution in [1.29, 1.82) is 0 Å². The Bertz CT molecular complexity index is 709. The summed E-state index contributed by atoms with van der Waals surface area (Å²) in [5.74, 6) is 0.512. The van der Waals surface area contributed by atoms with Gasteiger partial charge in [-0.05, 0) is 24.6 Å². The van der Waals surface area contributed by atoms with Gasteiger partial charge in [-0.25, -0.2) is 9.97 Å². The summed E-state index contributed by atoms with van der Waals surface area (Å²) < 4.78 is 49.1. The van der Waals surface area contributed by atoms with Crippen LogP contribution in [0.5, 0.6) is 0 Å². The van der Waals surface area contributed by atoms with Crippen molar-refractivity contribution in [1.82, 2.24) is 15.3 Å². The number of hydrogen-bond acceptors (Lipinski definition) is 6. The van der Waals surface area contributed by atoms with Crippen molar-refractivity contribution in [3.8, 4) is 11.5 Å². The van der Waals surface area contributed by atoms with Crippen LogP contribution in [0.1, 0.15) is 18.5 Å². The van der Waals surface area contributed by atoms with Crippen LogP contribution in [0.4, 0.5) is 13.2 Å². The molecule has 0 aliphatic rings. The number of carbonyl (C=O) groups excluding carboxylic acids is 1. The minimum atomic E-state index is -4.58. The van der Waals surface area contributed by atoms with Crippen molar-refractivity contribution in [2.45, 2.75) is 24.2 Å². The van der Waals surface area contributed by atoms with Gasteiger partial charge in [0.1, 0.15) is 11.4 Å². The van der Waals surface area contributed by atoms with Crippen molar-refractivity contribution in [2.75, 3.05) is 26.0 Å². The number of carbonyl (C=O) groups is 1. The number of furan rings is 1. The molecule has 0 fully saturated rings. The first-order valence-electron chi connectivity index (χ1n) is 7.78. The van der Waals surface area contributed by atoms with Gasteiger partial charge >= 0.3 is 6.18 Å². The van der Waals surface area contributed by atoms with E-state index in [9.17, 15) is 18.0 Å². The van der Waals surface area contributed by atoms with E-state index in [-0.39, 0.29) is 28.9 Å². The van der Waals surface area contributed by atoms with Gasteiger partial charge in [0, 0.05) is 25.8 Å². The minimum Gasteiger partial charge on any atom is -0.463 e. The smallest absolute Gasteiger partial charge is 0.433 e. The molecular weight excluding hydrogens is 371 g/mol. The number of rotatable bonds is 9. The average Bonchev–Trinajstić information content (AvgIpc) is 3.13. The fourth-order valence-corrected chi connectivity index (χ4v) is 2.76. The predicted molar refractivity (Wildman–Crippen MR) is 89.6 cm³/mol. The number of nitrogens with one attached hydrogen (secondary N) is 1. The topological polar surface area (TPSA) is 77.2 Å². The van der Waals surface area contributed by atoms with Crippen LogP contribution >= 0.6 is 11.8 Å². The zero-order chi connectivity index (χ0) is 19.0. The molecule has 2 aromatic rings. The molecule has 0 saturated heterocycles. The van der Waals surface area contributed by atoms with Gasteiger partial charge in [-0.15, -0.1) is 0 Å². The monoisotopic (exact) mass is 389 g/mol. The molecule has 2 aromatic heterocycles. The highest BCUT2D eigenvalue weighted by atomic mass is 32.2. The van der Waals surface area contributed by atoms with Crippen LogP contribution in [-0.4, -0.2) is 41.9 Å². The molecule has 0 aliphatic carbocycles. The number of nitrogens with zero attached hydrogens (tertiary/aromatic N) is 2. The van der Waals surface area contributed by atoms with Crippen molar-refractivity contribution in [3.63, 3.8) is 0 Å². The third-order valence-electron chi connectivity index (χ3n) is 3.18. The number of alkyl halides is 3. The molecule has 10 heteroatoms. The number of hydrogen-bond donors (Lipinski definition) is 1. The SMILES string of the molecule is COCCNC(=O)CCCSc1nc(-c2ccco2)cc(C(F)(F)F)n1. The first-order chi connectivity index (χ1) is 12.4. The Hall–Kier alpha value is -2.07. The van der Waals surface area contributed by atoms with E-state index in [0.717, 1.165) is 17.8 Å².